The molecule has 0 spiro atoms. The van der Waals surface area contributed by atoms with Crippen LogP contribution in [0.1, 0.15) is 30.6 Å². The number of hydrogen-bond acceptors (Lipinski definition) is 5. The van der Waals surface area contributed by atoms with Crippen molar-refractivity contribution in [2.75, 3.05) is 29.9 Å². The van der Waals surface area contributed by atoms with Crippen LogP contribution in [0.5, 0.6) is 0 Å². The molecule has 1 saturated heterocycles. The molecular formula is C14H21N3O3S. The van der Waals surface area contributed by atoms with Crippen LogP contribution in [0.2, 0.25) is 0 Å². The standard InChI is InChI=1S/C14H21N3O3S/c1-3-5-15-13-9-12(4-6-16-13)14(18)17-7-8-21(19,20)10-11(17)2/h4,6,9,11H,3,5,7-8,10H2,1-2H3,(H,15,16). The third kappa shape index (κ3) is 3.93. The van der Waals surface area contributed by atoms with Crippen LogP contribution in [-0.2, 0) is 9.84 Å². The lowest BCUT2D eigenvalue weighted by atomic mass is 10.2. The van der Waals surface area contributed by atoms with Crippen molar-refractivity contribution in [1.29, 1.82) is 0 Å². The summed E-state index contributed by atoms with van der Waals surface area (Å²) in [4.78, 5) is 18.3. The van der Waals surface area contributed by atoms with Crippen LogP contribution in [0.4, 0.5) is 5.82 Å². The monoisotopic (exact) mass is 311 g/mol. The van der Waals surface area contributed by atoms with Crippen molar-refractivity contribution >= 4 is 21.6 Å². The number of aromatic nitrogens is 1. The van der Waals surface area contributed by atoms with Gasteiger partial charge in [0.1, 0.15) is 5.82 Å². The quantitative estimate of drug-likeness (QED) is 0.903. The second-order valence-corrected chi connectivity index (χ2v) is 7.55. The maximum absolute atomic E-state index is 12.5. The molecule has 1 aromatic rings. The molecule has 6 nitrogen and oxygen atoms in total. The Morgan fingerprint density at radius 1 is 1.52 bits per heavy atom. The fourth-order valence-electron chi connectivity index (χ4n) is 2.38. The Bertz CT molecular complexity index is 616. The lowest BCUT2D eigenvalue weighted by Gasteiger charge is -2.33. The summed E-state index contributed by atoms with van der Waals surface area (Å²) in [5.41, 5.74) is 0.537. The molecule has 1 aromatic heterocycles. The van der Waals surface area contributed by atoms with Gasteiger partial charge in [-0.05, 0) is 25.5 Å². The number of rotatable bonds is 4. The van der Waals surface area contributed by atoms with Crippen molar-refractivity contribution in [3.05, 3.63) is 23.9 Å². The molecule has 1 fully saturated rings. The molecule has 2 rings (SSSR count). The maximum Gasteiger partial charge on any atom is 0.254 e. The highest BCUT2D eigenvalue weighted by atomic mass is 32.2. The highest BCUT2D eigenvalue weighted by molar-refractivity contribution is 7.91. The summed E-state index contributed by atoms with van der Waals surface area (Å²) in [5.74, 6) is 0.596. The third-order valence-electron chi connectivity index (χ3n) is 3.49. The van der Waals surface area contributed by atoms with Crippen molar-refractivity contribution < 1.29 is 13.2 Å². The van der Waals surface area contributed by atoms with Crippen molar-refractivity contribution in [2.24, 2.45) is 0 Å². The normalized spacial score (nSPS) is 21.0. The average molecular weight is 311 g/mol. The van der Waals surface area contributed by atoms with Gasteiger partial charge in [0.2, 0.25) is 0 Å². The van der Waals surface area contributed by atoms with E-state index in [4.69, 9.17) is 0 Å². The van der Waals surface area contributed by atoms with E-state index >= 15 is 0 Å². The maximum atomic E-state index is 12.5. The van der Waals surface area contributed by atoms with Crippen molar-refractivity contribution in [2.45, 2.75) is 26.3 Å². The molecule has 1 aliphatic heterocycles. The highest BCUT2D eigenvalue weighted by Crippen LogP contribution is 2.16. The van der Waals surface area contributed by atoms with E-state index in [0.717, 1.165) is 13.0 Å². The number of anilines is 1. The first-order valence-electron chi connectivity index (χ1n) is 7.14. The number of nitrogens with zero attached hydrogens (tertiary/aromatic N) is 2. The van der Waals surface area contributed by atoms with Gasteiger partial charge in [-0.15, -0.1) is 0 Å². The fraction of sp³-hybridized carbons (Fsp3) is 0.571. The zero-order valence-electron chi connectivity index (χ0n) is 12.4. The van der Waals surface area contributed by atoms with Gasteiger partial charge < -0.3 is 10.2 Å². The van der Waals surface area contributed by atoms with E-state index < -0.39 is 9.84 Å². The van der Waals surface area contributed by atoms with E-state index in [-0.39, 0.29) is 30.0 Å². The number of nitrogens with one attached hydrogen (secondary N) is 1. The summed E-state index contributed by atoms with van der Waals surface area (Å²) in [6.45, 7) is 4.87. The van der Waals surface area contributed by atoms with Gasteiger partial charge in [0.05, 0.1) is 11.5 Å². The van der Waals surface area contributed by atoms with Gasteiger partial charge in [-0.3, -0.25) is 4.79 Å². The number of amides is 1. The first-order chi connectivity index (χ1) is 9.93. The Hall–Kier alpha value is -1.63. The zero-order valence-corrected chi connectivity index (χ0v) is 13.2. The molecule has 0 bridgehead atoms. The van der Waals surface area contributed by atoms with Crippen LogP contribution in [-0.4, -0.2) is 54.8 Å². The van der Waals surface area contributed by atoms with E-state index in [0.29, 0.717) is 11.4 Å². The smallest absolute Gasteiger partial charge is 0.254 e. The van der Waals surface area contributed by atoms with Crippen LogP contribution in [0.3, 0.4) is 0 Å². The molecule has 1 N–H and O–H groups in total. The van der Waals surface area contributed by atoms with Gasteiger partial charge in [0.25, 0.3) is 5.91 Å². The molecule has 1 unspecified atom stereocenters. The van der Waals surface area contributed by atoms with E-state index in [2.05, 4.69) is 17.2 Å². The van der Waals surface area contributed by atoms with Gasteiger partial charge in [-0.2, -0.15) is 0 Å². The Balaban J connectivity index is 2.13. The van der Waals surface area contributed by atoms with Crippen molar-refractivity contribution in [1.82, 2.24) is 9.88 Å². The van der Waals surface area contributed by atoms with Crippen LogP contribution in [0.25, 0.3) is 0 Å². The Kier molecular flexibility index (Phi) is 4.82. The Labute approximate surface area is 125 Å². The number of sulfone groups is 1. The van der Waals surface area contributed by atoms with Gasteiger partial charge >= 0.3 is 0 Å². The van der Waals surface area contributed by atoms with Gasteiger partial charge in [-0.1, -0.05) is 6.92 Å². The second kappa shape index (κ2) is 6.43. The molecule has 1 amide bonds. The highest BCUT2D eigenvalue weighted by Gasteiger charge is 2.31. The van der Waals surface area contributed by atoms with Gasteiger partial charge in [0, 0.05) is 30.9 Å². The first kappa shape index (κ1) is 15.8. The minimum absolute atomic E-state index is 0.0325. The molecule has 21 heavy (non-hydrogen) atoms. The third-order valence-corrected chi connectivity index (χ3v) is 5.29. The van der Waals surface area contributed by atoms with Crippen LogP contribution in [0, 0.1) is 0 Å². The predicted octanol–water partition coefficient (Wildman–Crippen LogP) is 1.16. The Morgan fingerprint density at radius 2 is 2.29 bits per heavy atom. The lowest BCUT2D eigenvalue weighted by molar-refractivity contribution is 0.0712. The van der Waals surface area contributed by atoms with Crippen LogP contribution in [0.15, 0.2) is 18.3 Å². The molecule has 116 valence electrons. The molecular weight excluding hydrogens is 290 g/mol. The minimum atomic E-state index is -3.02. The van der Waals surface area contributed by atoms with E-state index in [1.165, 1.54) is 0 Å². The molecule has 1 aliphatic rings. The summed E-state index contributed by atoms with van der Waals surface area (Å²) in [7, 11) is -3.02. The van der Waals surface area contributed by atoms with Crippen LogP contribution >= 0.6 is 0 Å². The molecule has 0 radical (unpaired) electrons. The average Bonchev–Trinajstić information content (AvgIpc) is 2.44. The van der Waals surface area contributed by atoms with Crippen molar-refractivity contribution in [3.63, 3.8) is 0 Å². The van der Waals surface area contributed by atoms with E-state index in [9.17, 15) is 13.2 Å². The van der Waals surface area contributed by atoms with Gasteiger partial charge in [-0.25, -0.2) is 13.4 Å². The molecule has 1 atom stereocenters. The molecule has 2 heterocycles. The van der Waals surface area contributed by atoms with Crippen molar-refractivity contribution in [3.8, 4) is 0 Å². The largest absolute Gasteiger partial charge is 0.370 e. The summed E-state index contributed by atoms with van der Waals surface area (Å²) in [5, 5.41) is 3.14. The number of hydrogen-bond donors (Lipinski definition) is 1. The molecule has 0 aliphatic carbocycles. The minimum Gasteiger partial charge on any atom is -0.370 e. The zero-order chi connectivity index (χ0) is 15.5. The Morgan fingerprint density at radius 3 is 2.95 bits per heavy atom. The predicted molar refractivity (Wildman–Crippen MR) is 82.2 cm³/mol. The number of pyridine rings is 1. The van der Waals surface area contributed by atoms with Crippen LogP contribution < -0.4 is 5.32 Å². The first-order valence-corrected chi connectivity index (χ1v) is 8.96. The number of carbonyl (C=O) groups is 1. The summed E-state index contributed by atoms with van der Waals surface area (Å²) < 4.78 is 23.2. The SMILES string of the molecule is CCCNc1cc(C(=O)N2CCS(=O)(=O)CC2C)ccn1. The fourth-order valence-corrected chi connectivity index (χ4v) is 3.94. The lowest BCUT2D eigenvalue weighted by Crippen LogP contribution is -2.49. The second-order valence-electron chi connectivity index (χ2n) is 5.32. The topological polar surface area (TPSA) is 79.4 Å². The molecule has 0 aromatic carbocycles. The number of carbonyl (C=O) groups excluding carboxylic acids is 1. The molecule has 0 saturated carbocycles. The molecule has 7 heteroatoms. The van der Waals surface area contributed by atoms with E-state index in [1.54, 1.807) is 30.2 Å². The van der Waals surface area contributed by atoms with E-state index in [1.807, 2.05) is 0 Å². The summed E-state index contributed by atoms with van der Waals surface area (Å²) in [6, 6.07) is 3.08. The summed E-state index contributed by atoms with van der Waals surface area (Å²) >= 11 is 0. The van der Waals surface area contributed by atoms with Gasteiger partial charge in [0.15, 0.2) is 9.84 Å². The summed E-state index contributed by atoms with van der Waals surface area (Å²) in [6.07, 6.45) is 2.57.